The highest BCUT2D eigenvalue weighted by atomic mass is 16.5. The first kappa shape index (κ1) is 15.6. The Bertz CT molecular complexity index is 536. The molecule has 0 fully saturated rings. The van der Waals surface area contributed by atoms with Crippen LogP contribution in [-0.2, 0) is 16.0 Å². The molecule has 0 radical (unpaired) electrons. The lowest BCUT2D eigenvalue weighted by atomic mass is 10.1. The van der Waals surface area contributed by atoms with E-state index < -0.39 is 0 Å². The molecule has 1 heterocycles. The van der Waals surface area contributed by atoms with E-state index in [-0.39, 0.29) is 12.4 Å². The summed E-state index contributed by atoms with van der Waals surface area (Å²) in [6.45, 7) is 9.50. The highest BCUT2D eigenvalue weighted by Crippen LogP contribution is 2.19. The van der Waals surface area contributed by atoms with E-state index in [1.807, 2.05) is 0 Å². The van der Waals surface area contributed by atoms with Crippen LogP contribution in [0.4, 0.5) is 5.69 Å². The fraction of sp³-hybridized carbons (Fsp3) is 0.267. The first-order valence-electron chi connectivity index (χ1n) is 6.34. The molecule has 1 aromatic rings. The molecule has 1 rings (SSSR count). The predicted octanol–water partition coefficient (Wildman–Crippen LogP) is 2.31. The van der Waals surface area contributed by atoms with Gasteiger partial charge in [0.2, 0.25) is 0 Å². The molecule has 5 nitrogen and oxygen atoms in total. The molecule has 0 spiro atoms. The van der Waals surface area contributed by atoms with Crippen molar-refractivity contribution in [1.29, 1.82) is 0 Å². The number of hydrogen-bond acceptors (Lipinski definition) is 5. The molecule has 0 unspecified atom stereocenters. The van der Waals surface area contributed by atoms with Gasteiger partial charge in [-0.1, -0.05) is 31.4 Å². The van der Waals surface area contributed by atoms with E-state index in [0.29, 0.717) is 30.2 Å². The summed E-state index contributed by atoms with van der Waals surface area (Å²) in [5.41, 5.74) is 7.67. The van der Waals surface area contributed by atoms with Crippen LogP contribution < -0.4 is 5.73 Å². The van der Waals surface area contributed by atoms with Crippen LogP contribution in [0.25, 0.3) is 5.57 Å². The van der Waals surface area contributed by atoms with Gasteiger partial charge in [0, 0.05) is 12.0 Å². The van der Waals surface area contributed by atoms with Crippen molar-refractivity contribution >= 4 is 17.2 Å². The maximum Gasteiger partial charge on any atom is 0.306 e. The van der Waals surface area contributed by atoms with Gasteiger partial charge >= 0.3 is 5.97 Å². The Morgan fingerprint density at radius 2 is 2.25 bits per heavy atom. The molecule has 0 aliphatic heterocycles. The van der Waals surface area contributed by atoms with Gasteiger partial charge in [0.25, 0.3) is 0 Å². The highest BCUT2D eigenvalue weighted by molar-refractivity contribution is 5.78. The maximum absolute atomic E-state index is 11.3. The molecule has 0 aromatic carbocycles. The van der Waals surface area contributed by atoms with Crippen LogP contribution in [0.5, 0.6) is 0 Å². The van der Waals surface area contributed by atoms with E-state index in [9.17, 15) is 4.79 Å². The number of allylic oxidation sites excluding steroid dienone is 4. The molecule has 0 atom stereocenters. The molecule has 0 saturated heterocycles. The lowest BCUT2D eigenvalue weighted by Gasteiger charge is -2.07. The molecule has 0 saturated carbocycles. The summed E-state index contributed by atoms with van der Waals surface area (Å²) in [6, 6.07) is 0. The van der Waals surface area contributed by atoms with E-state index in [1.165, 1.54) is 6.20 Å². The fourth-order valence-corrected chi connectivity index (χ4v) is 1.60. The number of ether oxygens (including phenoxy) is 1. The second-order valence-corrected chi connectivity index (χ2v) is 3.96. The first-order chi connectivity index (χ1) is 9.62. The van der Waals surface area contributed by atoms with Crippen molar-refractivity contribution in [2.45, 2.75) is 19.8 Å². The monoisotopic (exact) mass is 273 g/mol. The number of aryl methyl sites for hydroxylation is 1. The maximum atomic E-state index is 11.3. The van der Waals surface area contributed by atoms with Crippen molar-refractivity contribution in [3.63, 3.8) is 0 Å². The molecular formula is C15H19N3O2. The van der Waals surface area contributed by atoms with Crippen molar-refractivity contribution < 1.29 is 9.53 Å². The zero-order chi connectivity index (χ0) is 15.0. The van der Waals surface area contributed by atoms with Crippen LogP contribution in [0.15, 0.2) is 37.6 Å². The van der Waals surface area contributed by atoms with Crippen molar-refractivity contribution in [2.24, 2.45) is 0 Å². The Labute approximate surface area is 118 Å². The molecule has 20 heavy (non-hydrogen) atoms. The van der Waals surface area contributed by atoms with Gasteiger partial charge in [0.1, 0.15) is 5.82 Å². The number of esters is 1. The van der Waals surface area contributed by atoms with Crippen molar-refractivity contribution in [2.75, 3.05) is 12.3 Å². The molecule has 0 bridgehead atoms. The zero-order valence-electron chi connectivity index (χ0n) is 11.6. The third-order valence-electron chi connectivity index (χ3n) is 2.52. The average Bonchev–Trinajstić information content (AvgIpc) is 2.44. The van der Waals surface area contributed by atoms with Gasteiger partial charge in [0.15, 0.2) is 0 Å². The lowest BCUT2D eigenvalue weighted by molar-refractivity contribution is -0.143. The van der Waals surface area contributed by atoms with Crippen LogP contribution in [-0.4, -0.2) is 22.5 Å². The minimum atomic E-state index is -0.264. The van der Waals surface area contributed by atoms with Crippen LogP contribution in [0.3, 0.4) is 0 Å². The fourth-order valence-electron chi connectivity index (χ4n) is 1.60. The third kappa shape index (κ3) is 4.35. The predicted molar refractivity (Wildman–Crippen MR) is 79.8 cm³/mol. The Morgan fingerprint density at radius 1 is 1.50 bits per heavy atom. The van der Waals surface area contributed by atoms with Gasteiger partial charge in [-0.05, 0) is 6.92 Å². The summed E-state index contributed by atoms with van der Waals surface area (Å²) in [5, 5.41) is 0. The SMILES string of the molecule is C=C/C=C(\C=C)c1nc(CCC(=O)OCC)ncc1N. The van der Waals surface area contributed by atoms with Crippen molar-refractivity contribution in [3.05, 3.63) is 49.1 Å². The topological polar surface area (TPSA) is 78.1 Å². The minimum Gasteiger partial charge on any atom is -0.466 e. The Hall–Kier alpha value is -2.43. The largest absolute Gasteiger partial charge is 0.466 e. The standard InChI is InChI=1S/C15H19N3O2/c1-4-7-11(5-2)15-12(16)10-17-13(18-15)8-9-14(19)20-6-3/h4-5,7,10H,1-2,6,8-9,16H2,3H3/b11-7+. The zero-order valence-corrected chi connectivity index (χ0v) is 11.6. The lowest BCUT2D eigenvalue weighted by Crippen LogP contribution is -2.08. The number of nitrogens with two attached hydrogens (primary N) is 1. The molecule has 0 aliphatic carbocycles. The van der Waals surface area contributed by atoms with E-state index in [2.05, 4.69) is 23.1 Å². The van der Waals surface area contributed by atoms with Crippen molar-refractivity contribution in [1.82, 2.24) is 9.97 Å². The molecule has 0 aliphatic rings. The normalized spacial score (nSPS) is 10.9. The average molecular weight is 273 g/mol. The minimum absolute atomic E-state index is 0.242. The smallest absolute Gasteiger partial charge is 0.306 e. The number of carbonyl (C=O) groups excluding carboxylic acids is 1. The second-order valence-electron chi connectivity index (χ2n) is 3.96. The number of carbonyl (C=O) groups is 1. The van der Waals surface area contributed by atoms with Crippen molar-refractivity contribution in [3.8, 4) is 0 Å². The summed E-state index contributed by atoms with van der Waals surface area (Å²) in [7, 11) is 0. The molecule has 5 heteroatoms. The van der Waals surface area contributed by atoms with Gasteiger partial charge in [-0.3, -0.25) is 4.79 Å². The number of rotatable bonds is 7. The van der Waals surface area contributed by atoms with Crippen LogP contribution in [0, 0.1) is 0 Å². The van der Waals surface area contributed by atoms with Gasteiger partial charge < -0.3 is 10.5 Å². The quantitative estimate of drug-likeness (QED) is 0.609. The number of nitrogen functional groups attached to an aromatic ring is 1. The first-order valence-corrected chi connectivity index (χ1v) is 6.34. The Morgan fingerprint density at radius 3 is 2.85 bits per heavy atom. The highest BCUT2D eigenvalue weighted by Gasteiger charge is 2.09. The van der Waals surface area contributed by atoms with E-state index in [4.69, 9.17) is 10.5 Å². The van der Waals surface area contributed by atoms with Crippen LogP contribution in [0.1, 0.15) is 24.9 Å². The van der Waals surface area contributed by atoms with Gasteiger partial charge in [-0.15, -0.1) is 0 Å². The number of anilines is 1. The van der Waals surface area contributed by atoms with Gasteiger partial charge in [0.05, 0.1) is 30.6 Å². The third-order valence-corrected chi connectivity index (χ3v) is 2.52. The number of aromatic nitrogens is 2. The summed E-state index contributed by atoms with van der Waals surface area (Å²) in [4.78, 5) is 19.8. The Balaban J connectivity index is 2.91. The number of nitrogens with zero attached hydrogens (tertiary/aromatic N) is 2. The van der Waals surface area contributed by atoms with Gasteiger partial charge in [-0.2, -0.15) is 0 Å². The molecule has 2 N–H and O–H groups in total. The summed E-state index contributed by atoms with van der Waals surface area (Å²) in [6.07, 6.45) is 7.23. The molecule has 106 valence electrons. The molecule has 1 aromatic heterocycles. The van der Waals surface area contributed by atoms with Crippen LogP contribution in [0.2, 0.25) is 0 Å². The summed E-state index contributed by atoms with van der Waals surface area (Å²) >= 11 is 0. The molecule has 0 amide bonds. The van der Waals surface area contributed by atoms with Crippen LogP contribution >= 0.6 is 0 Å². The Kier molecular flexibility index (Phi) is 6.16. The van der Waals surface area contributed by atoms with E-state index in [1.54, 1.807) is 25.2 Å². The van der Waals surface area contributed by atoms with Gasteiger partial charge in [-0.25, -0.2) is 9.97 Å². The summed E-state index contributed by atoms with van der Waals surface area (Å²) in [5.74, 6) is 0.277. The number of hydrogen-bond donors (Lipinski definition) is 1. The summed E-state index contributed by atoms with van der Waals surface area (Å²) < 4.78 is 4.86. The second kappa shape index (κ2) is 7.89. The van der Waals surface area contributed by atoms with E-state index >= 15 is 0 Å². The van der Waals surface area contributed by atoms with E-state index in [0.717, 1.165) is 5.57 Å². The molecular weight excluding hydrogens is 254 g/mol.